The maximum absolute atomic E-state index is 11.4. The highest BCUT2D eigenvalue weighted by Gasteiger charge is 2.34. The van der Waals surface area contributed by atoms with E-state index < -0.39 is 9.05 Å². The number of hydrogen-bond donors (Lipinski definition) is 0. The van der Waals surface area contributed by atoms with Gasteiger partial charge in [-0.3, -0.25) is 0 Å². The molecular formula is C13H20ClNO2S. The fourth-order valence-corrected chi connectivity index (χ4v) is 3.91. The second-order valence-corrected chi connectivity index (χ2v) is 8.03. The van der Waals surface area contributed by atoms with Crippen LogP contribution in [0.15, 0.2) is 23.1 Å². The standard InChI is InChI=1S/C13H20ClNO2S/c1-3-11(10(2)18(14,16)17)8-13-9-15-6-4-12(13)5-7-15/h3,12-13H,1,4-9H2,2H3/b11-10-. The molecule has 3 heterocycles. The molecule has 0 saturated carbocycles. The fraction of sp³-hybridized carbons (Fsp3) is 0.692. The van der Waals surface area contributed by atoms with Crippen LogP contribution in [-0.2, 0) is 9.05 Å². The number of rotatable bonds is 4. The zero-order chi connectivity index (χ0) is 13.3. The summed E-state index contributed by atoms with van der Waals surface area (Å²) in [5, 5.41) is 0. The van der Waals surface area contributed by atoms with E-state index in [1.54, 1.807) is 13.0 Å². The van der Waals surface area contributed by atoms with Gasteiger partial charge in [0.1, 0.15) is 0 Å². The van der Waals surface area contributed by atoms with Gasteiger partial charge in [-0.25, -0.2) is 8.42 Å². The predicted octanol–water partition coefficient (Wildman–Crippen LogP) is 2.75. The SMILES string of the molecule is C=C/C(CC1CN2CCC1CC2)=C(\C)S(=O)(=O)Cl. The van der Waals surface area contributed by atoms with Gasteiger partial charge in [0, 0.05) is 17.2 Å². The number of fused-ring (bicyclic) bond motifs is 3. The smallest absolute Gasteiger partial charge is 0.257 e. The van der Waals surface area contributed by atoms with Gasteiger partial charge in [0.05, 0.1) is 4.91 Å². The van der Waals surface area contributed by atoms with Crippen molar-refractivity contribution < 1.29 is 8.42 Å². The van der Waals surface area contributed by atoms with E-state index >= 15 is 0 Å². The fourth-order valence-electron chi connectivity index (χ4n) is 3.13. The first-order chi connectivity index (χ1) is 8.41. The summed E-state index contributed by atoms with van der Waals surface area (Å²) in [6.07, 6.45) is 4.90. The number of hydrogen-bond acceptors (Lipinski definition) is 3. The Morgan fingerprint density at radius 2 is 2.06 bits per heavy atom. The van der Waals surface area contributed by atoms with Crippen LogP contribution < -0.4 is 0 Å². The van der Waals surface area contributed by atoms with Crippen molar-refractivity contribution in [2.24, 2.45) is 11.8 Å². The number of halogens is 1. The summed E-state index contributed by atoms with van der Waals surface area (Å²) >= 11 is 0. The molecule has 1 unspecified atom stereocenters. The second kappa shape index (κ2) is 5.35. The highest BCUT2D eigenvalue weighted by atomic mass is 35.7. The van der Waals surface area contributed by atoms with Crippen molar-refractivity contribution >= 4 is 19.7 Å². The molecule has 0 amide bonds. The molecule has 0 aromatic carbocycles. The molecule has 2 bridgehead atoms. The van der Waals surface area contributed by atoms with E-state index in [0.29, 0.717) is 5.92 Å². The van der Waals surface area contributed by atoms with Crippen LogP contribution in [0.4, 0.5) is 0 Å². The topological polar surface area (TPSA) is 37.4 Å². The van der Waals surface area contributed by atoms with Crippen LogP contribution >= 0.6 is 10.7 Å². The molecule has 3 fully saturated rings. The molecule has 0 aliphatic carbocycles. The molecule has 3 nitrogen and oxygen atoms in total. The van der Waals surface area contributed by atoms with Gasteiger partial charge in [-0.1, -0.05) is 12.7 Å². The van der Waals surface area contributed by atoms with Crippen LogP contribution in [0.25, 0.3) is 0 Å². The molecule has 3 aliphatic heterocycles. The van der Waals surface area contributed by atoms with E-state index in [9.17, 15) is 8.42 Å². The van der Waals surface area contributed by atoms with E-state index in [4.69, 9.17) is 10.7 Å². The molecule has 0 radical (unpaired) electrons. The van der Waals surface area contributed by atoms with Gasteiger partial charge in [-0.15, -0.1) is 0 Å². The van der Waals surface area contributed by atoms with Gasteiger partial charge in [0.15, 0.2) is 0 Å². The summed E-state index contributed by atoms with van der Waals surface area (Å²) in [7, 11) is 1.80. The normalized spacial score (nSPS) is 33.1. The van der Waals surface area contributed by atoms with Crippen molar-refractivity contribution in [3.8, 4) is 0 Å². The number of allylic oxidation sites excluding steroid dienone is 3. The molecule has 5 heteroatoms. The lowest BCUT2D eigenvalue weighted by atomic mass is 9.76. The predicted molar refractivity (Wildman–Crippen MR) is 74.9 cm³/mol. The Morgan fingerprint density at radius 3 is 2.44 bits per heavy atom. The second-order valence-electron chi connectivity index (χ2n) is 5.33. The summed E-state index contributed by atoms with van der Waals surface area (Å²) in [5.41, 5.74) is 0.781. The molecule has 3 saturated heterocycles. The Labute approximate surface area is 114 Å². The molecule has 0 aromatic heterocycles. The summed E-state index contributed by atoms with van der Waals surface area (Å²) in [6.45, 7) is 8.77. The van der Waals surface area contributed by atoms with Gasteiger partial charge in [0.2, 0.25) is 0 Å². The Bertz CT molecular complexity index is 461. The van der Waals surface area contributed by atoms with Gasteiger partial charge in [-0.05, 0) is 56.7 Å². The molecular weight excluding hydrogens is 270 g/mol. The Morgan fingerprint density at radius 1 is 1.44 bits per heavy atom. The zero-order valence-electron chi connectivity index (χ0n) is 10.7. The van der Waals surface area contributed by atoms with Gasteiger partial charge in [-0.2, -0.15) is 0 Å². The summed E-state index contributed by atoms with van der Waals surface area (Å²) < 4.78 is 22.8. The Kier molecular flexibility index (Phi) is 4.19. The molecule has 1 atom stereocenters. The van der Waals surface area contributed by atoms with Crippen molar-refractivity contribution in [1.29, 1.82) is 0 Å². The summed E-state index contributed by atoms with van der Waals surface area (Å²) in [6, 6.07) is 0. The van der Waals surface area contributed by atoms with Crippen LogP contribution in [-0.4, -0.2) is 33.0 Å². The van der Waals surface area contributed by atoms with Gasteiger partial charge >= 0.3 is 0 Å². The molecule has 3 aliphatic rings. The van der Waals surface area contributed by atoms with Crippen molar-refractivity contribution in [3.05, 3.63) is 23.1 Å². The average Bonchev–Trinajstić information content (AvgIpc) is 2.35. The van der Waals surface area contributed by atoms with Crippen LogP contribution in [0, 0.1) is 11.8 Å². The third kappa shape index (κ3) is 2.98. The van der Waals surface area contributed by atoms with Crippen molar-refractivity contribution in [1.82, 2.24) is 4.90 Å². The molecule has 102 valence electrons. The van der Waals surface area contributed by atoms with Crippen LogP contribution in [0.5, 0.6) is 0 Å². The minimum absolute atomic E-state index is 0.260. The first-order valence-electron chi connectivity index (χ1n) is 6.41. The maximum Gasteiger partial charge on any atom is 0.257 e. The average molecular weight is 290 g/mol. The van der Waals surface area contributed by atoms with Gasteiger partial charge in [0.25, 0.3) is 9.05 Å². The minimum Gasteiger partial charge on any atom is -0.303 e. The lowest BCUT2D eigenvalue weighted by Gasteiger charge is -2.45. The van der Waals surface area contributed by atoms with E-state index in [-0.39, 0.29) is 4.91 Å². The van der Waals surface area contributed by atoms with Crippen LogP contribution in [0.3, 0.4) is 0 Å². The first-order valence-corrected chi connectivity index (χ1v) is 8.72. The number of nitrogens with zero attached hydrogens (tertiary/aromatic N) is 1. The Balaban J connectivity index is 2.15. The third-order valence-electron chi connectivity index (χ3n) is 4.34. The summed E-state index contributed by atoms with van der Waals surface area (Å²) in [5.74, 6) is 1.28. The van der Waals surface area contributed by atoms with Crippen molar-refractivity contribution in [2.45, 2.75) is 26.2 Å². The van der Waals surface area contributed by atoms with Crippen LogP contribution in [0.2, 0.25) is 0 Å². The number of piperidine rings is 3. The van der Waals surface area contributed by atoms with Gasteiger partial charge < -0.3 is 4.90 Å². The van der Waals surface area contributed by atoms with E-state index in [0.717, 1.165) is 24.5 Å². The lowest BCUT2D eigenvalue weighted by molar-refractivity contribution is 0.0516. The van der Waals surface area contributed by atoms with E-state index in [2.05, 4.69) is 11.5 Å². The molecule has 0 N–H and O–H groups in total. The molecule has 18 heavy (non-hydrogen) atoms. The summed E-state index contributed by atoms with van der Waals surface area (Å²) in [4.78, 5) is 2.73. The largest absolute Gasteiger partial charge is 0.303 e. The lowest BCUT2D eigenvalue weighted by Crippen LogP contribution is -2.47. The third-order valence-corrected chi connectivity index (χ3v) is 6.03. The van der Waals surface area contributed by atoms with E-state index in [1.165, 1.54) is 25.9 Å². The maximum atomic E-state index is 11.4. The Hall–Kier alpha value is -0.320. The first kappa shape index (κ1) is 14.1. The highest BCUT2D eigenvalue weighted by Crippen LogP contribution is 2.37. The molecule has 3 rings (SSSR count). The molecule has 0 aromatic rings. The van der Waals surface area contributed by atoms with E-state index in [1.807, 2.05) is 0 Å². The van der Waals surface area contributed by atoms with Crippen LogP contribution in [0.1, 0.15) is 26.2 Å². The van der Waals surface area contributed by atoms with Crippen molar-refractivity contribution in [3.63, 3.8) is 0 Å². The quantitative estimate of drug-likeness (QED) is 0.590. The van der Waals surface area contributed by atoms with Crippen molar-refractivity contribution in [2.75, 3.05) is 19.6 Å². The minimum atomic E-state index is -3.61. The monoisotopic (exact) mass is 289 g/mol. The molecule has 0 spiro atoms. The zero-order valence-corrected chi connectivity index (χ0v) is 12.3. The highest BCUT2D eigenvalue weighted by molar-refractivity contribution is 8.16.